The fraction of sp³-hybridized carbons (Fsp3) is 0.250. The van der Waals surface area contributed by atoms with Crippen LogP contribution >= 0.6 is 11.3 Å². The monoisotopic (exact) mass is 234 g/mol. The van der Waals surface area contributed by atoms with Gasteiger partial charge in [-0.2, -0.15) is 0 Å². The number of carbonyl (C=O) groups excluding carboxylic acids is 1. The van der Waals surface area contributed by atoms with Crippen molar-refractivity contribution in [2.75, 3.05) is 0 Å². The number of rotatable bonds is 4. The van der Waals surface area contributed by atoms with Crippen LogP contribution in [0.25, 0.3) is 10.1 Å². The molecule has 0 aliphatic heterocycles. The number of amides is 1. The van der Waals surface area contributed by atoms with Crippen LogP contribution in [0.5, 0.6) is 0 Å². The number of benzene rings is 1. The third-order valence-electron chi connectivity index (χ3n) is 2.61. The van der Waals surface area contributed by atoms with Crippen molar-refractivity contribution < 1.29 is 4.79 Å². The highest BCUT2D eigenvalue weighted by Gasteiger charge is 2.12. The fourth-order valence-electron chi connectivity index (χ4n) is 1.74. The normalized spacial score (nSPS) is 12.8. The number of hydrogen-bond acceptors (Lipinski definition) is 3. The molecule has 1 aromatic carbocycles. The molecule has 3 nitrogen and oxygen atoms in total. The van der Waals surface area contributed by atoms with Crippen LogP contribution in [-0.4, -0.2) is 5.91 Å². The molecule has 0 radical (unpaired) electrons. The molecule has 0 saturated carbocycles. The molecule has 4 heteroatoms. The van der Waals surface area contributed by atoms with E-state index < -0.39 is 0 Å². The highest BCUT2D eigenvalue weighted by Crippen LogP contribution is 2.30. The van der Waals surface area contributed by atoms with Gasteiger partial charge in [-0.05, 0) is 28.8 Å². The summed E-state index contributed by atoms with van der Waals surface area (Å²) in [5, 5.41) is 3.25. The first-order valence-electron chi connectivity index (χ1n) is 5.18. The molecule has 1 heterocycles. The minimum atomic E-state index is -0.296. The van der Waals surface area contributed by atoms with E-state index in [-0.39, 0.29) is 11.9 Å². The molecule has 0 aliphatic rings. The molecule has 0 bridgehead atoms. The molecular weight excluding hydrogens is 220 g/mol. The molecular formula is C12H14N2OS. The predicted octanol–water partition coefficient (Wildman–Crippen LogP) is 2.17. The van der Waals surface area contributed by atoms with Gasteiger partial charge < -0.3 is 11.5 Å². The van der Waals surface area contributed by atoms with Crippen LogP contribution in [0.15, 0.2) is 29.6 Å². The van der Waals surface area contributed by atoms with E-state index in [4.69, 9.17) is 11.5 Å². The lowest BCUT2D eigenvalue weighted by molar-refractivity contribution is -0.118. The Labute approximate surface area is 98.1 Å². The molecule has 2 aromatic rings. The molecule has 1 aromatic heterocycles. The quantitative estimate of drug-likeness (QED) is 0.851. The van der Waals surface area contributed by atoms with Gasteiger partial charge in [-0.25, -0.2) is 0 Å². The second-order valence-electron chi connectivity index (χ2n) is 3.80. The van der Waals surface area contributed by atoms with E-state index in [1.165, 1.54) is 10.1 Å². The van der Waals surface area contributed by atoms with Gasteiger partial charge in [0.25, 0.3) is 0 Å². The van der Waals surface area contributed by atoms with Gasteiger partial charge in [0.15, 0.2) is 0 Å². The van der Waals surface area contributed by atoms with E-state index in [1.54, 1.807) is 11.3 Å². The van der Waals surface area contributed by atoms with Gasteiger partial charge in [-0.3, -0.25) is 4.79 Å². The Bertz CT molecular complexity index is 506. The molecule has 1 amide bonds. The largest absolute Gasteiger partial charge is 0.370 e. The Morgan fingerprint density at radius 3 is 2.88 bits per heavy atom. The molecule has 0 fully saturated rings. The Kier molecular flexibility index (Phi) is 3.22. The van der Waals surface area contributed by atoms with Crippen molar-refractivity contribution in [1.82, 2.24) is 0 Å². The van der Waals surface area contributed by atoms with Crippen molar-refractivity contribution in [2.24, 2.45) is 11.5 Å². The fourth-order valence-corrected chi connectivity index (χ4v) is 2.76. The van der Waals surface area contributed by atoms with Crippen LogP contribution < -0.4 is 11.5 Å². The van der Waals surface area contributed by atoms with Gasteiger partial charge in [-0.15, -0.1) is 11.3 Å². The first-order valence-corrected chi connectivity index (χ1v) is 6.06. The predicted molar refractivity (Wildman–Crippen MR) is 67.2 cm³/mol. The first-order chi connectivity index (χ1) is 7.68. The van der Waals surface area contributed by atoms with Gasteiger partial charge >= 0.3 is 0 Å². The summed E-state index contributed by atoms with van der Waals surface area (Å²) in [4.78, 5) is 10.7. The Balaban J connectivity index is 2.22. The summed E-state index contributed by atoms with van der Waals surface area (Å²) in [5.41, 5.74) is 12.3. The highest BCUT2D eigenvalue weighted by atomic mass is 32.1. The average molecular weight is 234 g/mol. The zero-order valence-electron chi connectivity index (χ0n) is 8.85. The van der Waals surface area contributed by atoms with E-state index in [2.05, 4.69) is 17.5 Å². The standard InChI is InChI=1S/C12H14N2OS/c13-10(5-6-12(14)15)9-7-16-11-4-2-1-3-8(9)11/h1-4,7,10H,5-6,13H2,(H2,14,15). The second-order valence-corrected chi connectivity index (χ2v) is 4.71. The summed E-state index contributed by atoms with van der Waals surface area (Å²) in [5.74, 6) is -0.296. The Morgan fingerprint density at radius 2 is 2.12 bits per heavy atom. The van der Waals surface area contributed by atoms with Crippen LogP contribution in [-0.2, 0) is 4.79 Å². The smallest absolute Gasteiger partial charge is 0.217 e. The molecule has 1 atom stereocenters. The Morgan fingerprint density at radius 1 is 1.38 bits per heavy atom. The third-order valence-corrected chi connectivity index (χ3v) is 3.59. The van der Waals surface area contributed by atoms with Crippen molar-refractivity contribution in [3.05, 3.63) is 35.2 Å². The number of primary amides is 1. The van der Waals surface area contributed by atoms with Crippen LogP contribution in [0.2, 0.25) is 0 Å². The minimum Gasteiger partial charge on any atom is -0.370 e. The minimum absolute atomic E-state index is 0.108. The van der Waals surface area contributed by atoms with E-state index in [0.29, 0.717) is 12.8 Å². The molecule has 1 unspecified atom stereocenters. The van der Waals surface area contributed by atoms with Crippen LogP contribution in [0.4, 0.5) is 0 Å². The van der Waals surface area contributed by atoms with Crippen LogP contribution in [0.1, 0.15) is 24.4 Å². The van der Waals surface area contributed by atoms with Crippen molar-refractivity contribution in [3.63, 3.8) is 0 Å². The summed E-state index contributed by atoms with van der Waals surface area (Å²) < 4.78 is 1.23. The maximum atomic E-state index is 10.7. The maximum absolute atomic E-state index is 10.7. The highest BCUT2D eigenvalue weighted by molar-refractivity contribution is 7.17. The van der Waals surface area contributed by atoms with Gasteiger partial charge in [0.1, 0.15) is 0 Å². The average Bonchev–Trinajstić information content (AvgIpc) is 2.69. The van der Waals surface area contributed by atoms with E-state index in [1.807, 2.05) is 12.1 Å². The lowest BCUT2D eigenvalue weighted by Gasteiger charge is -2.09. The topological polar surface area (TPSA) is 69.1 Å². The molecule has 0 saturated heterocycles. The van der Waals surface area contributed by atoms with E-state index in [9.17, 15) is 4.79 Å². The SMILES string of the molecule is NC(=O)CCC(N)c1csc2ccccc12. The van der Waals surface area contributed by atoms with Gasteiger partial charge in [-0.1, -0.05) is 18.2 Å². The number of hydrogen-bond donors (Lipinski definition) is 2. The lowest BCUT2D eigenvalue weighted by Crippen LogP contribution is -2.16. The molecule has 84 valence electrons. The summed E-state index contributed by atoms with van der Waals surface area (Å²) in [7, 11) is 0. The summed E-state index contributed by atoms with van der Waals surface area (Å²) in [6.45, 7) is 0. The van der Waals surface area contributed by atoms with Gasteiger partial charge in [0, 0.05) is 17.2 Å². The zero-order valence-corrected chi connectivity index (χ0v) is 9.67. The molecule has 0 aliphatic carbocycles. The third kappa shape index (κ3) is 2.23. The number of thiophene rings is 1. The van der Waals surface area contributed by atoms with Crippen molar-refractivity contribution in [3.8, 4) is 0 Å². The summed E-state index contributed by atoms with van der Waals surface area (Å²) >= 11 is 1.68. The lowest BCUT2D eigenvalue weighted by atomic mass is 10.0. The van der Waals surface area contributed by atoms with E-state index in [0.717, 1.165) is 5.56 Å². The molecule has 4 N–H and O–H groups in total. The number of carbonyl (C=O) groups is 1. The van der Waals surface area contributed by atoms with Crippen molar-refractivity contribution in [1.29, 1.82) is 0 Å². The van der Waals surface area contributed by atoms with Crippen LogP contribution in [0.3, 0.4) is 0 Å². The van der Waals surface area contributed by atoms with E-state index >= 15 is 0 Å². The van der Waals surface area contributed by atoms with Gasteiger partial charge in [0.2, 0.25) is 5.91 Å². The second kappa shape index (κ2) is 4.63. The number of nitrogens with two attached hydrogens (primary N) is 2. The van der Waals surface area contributed by atoms with Crippen molar-refractivity contribution in [2.45, 2.75) is 18.9 Å². The molecule has 0 spiro atoms. The zero-order chi connectivity index (χ0) is 11.5. The Hall–Kier alpha value is -1.39. The number of fused-ring (bicyclic) bond motifs is 1. The molecule has 16 heavy (non-hydrogen) atoms. The first kappa shape index (κ1) is 11.1. The summed E-state index contributed by atoms with van der Waals surface area (Å²) in [6, 6.07) is 8.04. The van der Waals surface area contributed by atoms with Crippen molar-refractivity contribution >= 4 is 27.3 Å². The molecule has 2 rings (SSSR count). The van der Waals surface area contributed by atoms with Crippen LogP contribution in [0, 0.1) is 0 Å². The summed E-state index contributed by atoms with van der Waals surface area (Å²) in [6.07, 6.45) is 0.946. The maximum Gasteiger partial charge on any atom is 0.217 e. The van der Waals surface area contributed by atoms with Gasteiger partial charge in [0.05, 0.1) is 0 Å².